The molecule has 0 aromatic heterocycles. The molecule has 1 aromatic rings. The molecule has 0 radical (unpaired) electrons. The fourth-order valence-corrected chi connectivity index (χ4v) is 5.29. The van der Waals surface area contributed by atoms with Crippen LogP contribution >= 0.6 is 0 Å². The van der Waals surface area contributed by atoms with Crippen molar-refractivity contribution in [2.75, 3.05) is 40.4 Å². The Balaban J connectivity index is 1.94. The van der Waals surface area contributed by atoms with Crippen molar-refractivity contribution in [3.05, 3.63) is 23.8 Å². The number of hydrogen-bond donors (Lipinski definition) is 0. The van der Waals surface area contributed by atoms with E-state index in [0.717, 1.165) is 13.0 Å². The number of benzene rings is 1. The van der Waals surface area contributed by atoms with Crippen molar-refractivity contribution in [2.45, 2.75) is 30.4 Å². The molecule has 1 aromatic carbocycles. The summed E-state index contributed by atoms with van der Waals surface area (Å²) in [7, 11) is 0.0584. The average molecular weight is 340 g/mol. The molecule has 6 nitrogen and oxygen atoms in total. The summed E-state index contributed by atoms with van der Waals surface area (Å²) in [6, 6.07) is 4.98. The molecular formula is C16H24N2O4S. The summed E-state index contributed by atoms with van der Waals surface area (Å²) in [6.45, 7) is 4.32. The lowest BCUT2D eigenvalue weighted by Crippen LogP contribution is -2.60. The summed E-state index contributed by atoms with van der Waals surface area (Å²) < 4.78 is 39.0. The van der Waals surface area contributed by atoms with E-state index in [1.807, 2.05) is 7.05 Å². The van der Waals surface area contributed by atoms with Crippen molar-refractivity contribution < 1.29 is 17.9 Å². The van der Waals surface area contributed by atoms with Gasteiger partial charge in [-0.25, -0.2) is 8.42 Å². The molecule has 3 rings (SSSR count). The second-order valence-electron chi connectivity index (χ2n) is 6.27. The first-order valence-electron chi connectivity index (χ1n) is 7.90. The predicted octanol–water partition coefficient (Wildman–Crippen LogP) is 1.10. The van der Waals surface area contributed by atoms with E-state index in [1.165, 1.54) is 0 Å². The fraction of sp³-hybridized carbons (Fsp3) is 0.625. The third kappa shape index (κ3) is 3.10. The number of morpholine rings is 1. The largest absolute Gasteiger partial charge is 0.497 e. The number of fused-ring (bicyclic) bond motifs is 1. The molecule has 128 valence electrons. The number of piperidine rings is 1. The van der Waals surface area contributed by atoms with Gasteiger partial charge in [-0.2, -0.15) is 4.31 Å². The highest BCUT2D eigenvalue weighted by atomic mass is 32.2. The van der Waals surface area contributed by atoms with Crippen LogP contribution in [0.1, 0.15) is 12.0 Å². The van der Waals surface area contributed by atoms with Crippen LogP contribution in [0.4, 0.5) is 0 Å². The Morgan fingerprint density at radius 3 is 2.78 bits per heavy atom. The van der Waals surface area contributed by atoms with Crippen LogP contribution in [-0.4, -0.2) is 70.2 Å². The summed E-state index contributed by atoms with van der Waals surface area (Å²) in [5.41, 5.74) is 0.705. The molecular weight excluding hydrogens is 316 g/mol. The van der Waals surface area contributed by atoms with E-state index in [-0.39, 0.29) is 12.1 Å². The first-order chi connectivity index (χ1) is 10.9. The molecule has 7 heteroatoms. The molecule has 2 heterocycles. The SMILES string of the molecule is COc1ccc(S(=O)(=O)N2CCO[C@@H]3CCN(C)C[C@H]32)c(C)c1. The molecule has 2 saturated heterocycles. The highest BCUT2D eigenvalue weighted by Crippen LogP contribution is 2.30. The van der Waals surface area contributed by atoms with Gasteiger partial charge in [0.25, 0.3) is 0 Å². The maximum Gasteiger partial charge on any atom is 0.243 e. The molecule has 0 amide bonds. The number of rotatable bonds is 3. The number of likely N-dealkylation sites (N-methyl/N-ethyl adjacent to an activating group) is 1. The first-order valence-corrected chi connectivity index (χ1v) is 9.34. The van der Waals surface area contributed by atoms with Crippen LogP contribution in [0.2, 0.25) is 0 Å². The quantitative estimate of drug-likeness (QED) is 0.825. The predicted molar refractivity (Wildman–Crippen MR) is 87.3 cm³/mol. The third-order valence-electron chi connectivity index (χ3n) is 4.71. The zero-order valence-electron chi connectivity index (χ0n) is 13.9. The van der Waals surface area contributed by atoms with Crippen LogP contribution in [0, 0.1) is 6.92 Å². The maximum absolute atomic E-state index is 13.2. The fourth-order valence-electron chi connectivity index (χ4n) is 3.46. The lowest BCUT2D eigenvalue weighted by Gasteiger charge is -2.45. The summed E-state index contributed by atoms with van der Waals surface area (Å²) in [4.78, 5) is 2.52. The van der Waals surface area contributed by atoms with Crippen molar-refractivity contribution in [2.24, 2.45) is 0 Å². The van der Waals surface area contributed by atoms with Crippen molar-refractivity contribution in [3.63, 3.8) is 0 Å². The van der Waals surface area contributed by atoms with Gasteiger partial charge in [-0.15, -0.1) is 0 Å². The Labute approximate surface area is 138 Å². The van der Waals surface area contributed by atoms with Crippen molar-refractivity contribution in [1.82, 2.24) is 9.21 Å². The standard InChI is InChI=1S/C16H24N2O4S/c1-12-10-13(21-3)4-5-16(12)23(19,20)18-8-9-22-15-6-7-17(2)11-14(15)18/h4-5,10,14-15H,6-9,11H2,1-3H3/t14-,15-/m1/s1. The van der Waals surface area contributed by atoms with Crippen LogP contribution < -0.4 is 4.74 Å². The van der Waals surface area contributed by atoms with E-state index in [2.05, 4.69) is 4.90 Å². The summed E-state index contributed by atoms with van der Waals surface area (Å²) in [5, 5.41) is 0. The molecule has 2 aliphatic rings. The summed E-state index contributed by atoms with van der Waals surface area (Å²) in [6.07, 6.45) is 0.864. The third-order valence-corrected chi connectivity index (χ3v) is 6.79. The molecule has 0 saturated carbocycles. The maximum atomic E-state index is 13.2. The summed E-state index contributed by atoms with van der Waals surface area (Å²) >= 11 is 0. The van der Waals surface area contributed by atoms with E-state index < -0.39 is 10.0 Å². The minimum Gasteiger partial charge on any atom is -0.497 e. The molecule has 0 aliphatic carbocycles. The second kappa shape index (κ2) is 6.39. The van der Waals surface area contributed by atoms with Gasteiger partial charge in [-0.05, 0) is 44.2 Å². The molecule has 0 N–H and O–H groups in total. The second-order valence-corrected chi connectivity index (χ2v) is 8.13. The van der Waals surface area contributed by atoms with E-state index in [9.17, 15) is 8.42 Å². The topological polar surface area (TPSA) is 59.1 Å². The van der Waals surface area contributed by atoms with Crippen molar-refractivity contribution in [1.29, 1.82) is 0 Å². The Bertz CT molecular complexity index is 677. The molecule has 0 bridgehead atoms. The van der Waals surface area contributed by atoms with Crippen LogP contribution in [0.5, 0.6) is 5.75 Å². The van der Waals surface area contributed by atoms with Crippen LogP contribution in [0.25, 0.3) is 0 Å². The number of ether oxygens (including phenoxy) is 2. The zero-order chi connectivity index (χ0) is 16.6. The number of hydrogen-bond acceptors (Lipinski definition) is 5. The number of aryl methyl sites for hydroxylation is 1. The van der Waals surface area contributed by atoms with Gasteiger partial charge in [0.15, 0.2) is 0 Å². The highest BCUT2D eigenvalue weighted by Gasteiger charge is 2.42. The Kier molecular flexibility index (Phi) is 4.64. The number of sulfonamides is 1. The lowest BCUT2D eigenvalue weighted by molar-refractivity contribution is -0.0719. The first kappa shape index (κ1) is 16.7. The van der Waals surface area contributed by atoms with Crippen LogP contribution in [-0.2, 0) is 14.8 Å². The molecule has 0 unspecified atom stereocenters. The van der Waals surface area contributed by atoms with Crippen molar-refractivity contribution >= 4 is 10.0 Å². The normalized spacial score (nSPS) is 26.7. The molecule has 2 aliphatic heterocycles. The van der Waals surface area contributed by atoms with Gasteiger partial charge in [0, 0.05) is 19.6 Å². The molecule has 2 fully saturated rings. The highest BCUT2D eigenvalue weighted by molar-refractivity contribution is 7.89. The van der Waals surface area contributed by atoms with Gasteiger partial charge < -0.3 is 14.4 Å². The molecule has 23 heavy (non-hydrogen) atoms. The lowest BCUT2D eigenvalue weighted by atomic mass is 10.0. The number of nitrogens with zero attached hydrogens (tertiary/aromatic N) is 2. The van der Waals surface area contributed by atoms with Gasteiger partial charge in [-0.1, -0.05) is 0 Å². The zero-order valence-corrected chi connectivity index (χ0v) is 14.7. The minimum absolute atomic E-state index is 0.00622. The number of likely N-dealkylation sites (tertiary alicyclic amines) is 1. The van der Waals surface area contributed by atoms with E-state index in [4.69, 9.17) is 9.47 Å². The minimum atomic E-state index is -3.54. The summed E-state index contributed by atoms with van der Waals surface area (Å²) in [5.74, 6) is 0.665. The Morgan fingerprint density at radius 2 is 2.09 bits per heavy atom. The van der Waals surface area contributed by atoms with Gasteiger partial charge in [-0.3, -0.25) is 0 Å². The Hall–Kier alpha value is -1.15. The molecule has 0 spiro atoms. The number of methoxy groups -OCH3 is 1. The van der Waals surface area contributed by atoms with E-state index in [1.54, 1.807) is 36.5 Å². The van der Waals surface area contributed by atoms with Gasteiger partial charge >= 0.3 is 0 Å². The van der Waals surface area contributed by atoms with Gasteiger partial charge in [0.2, 0.25) is 10.0 Å². The monoisotopic (exact) mass is 340 g/mol. The Morgan fingerprint density at radius 1 is 1.30 bits per heavy atom. The average Bonchev–Trinajstić information content (AvgIpc) is 2.53. The van der Waals surface area contributed by atoms with E-state index >= 15 is 0 Å². The van der Waals surface area contributed by atoms with Crippen LogP contribution in [0.15, 0.2) is 23.1 Å². The van der Waals surface area contributed by atoms with Crippen molar-refractivity contribution in [3.8, 4) is 5.75 Å². The van der Waals surface area contributed by atoms with Crippen LogP contribution in [0.3, 0.4) is 0 Å². The van der Waals surface area contributed by atoms with E-state index in [0.29, 0.717) is 35.9 Å². The van der Waals surface area contributed by atoms with Gasteiger partial charge in [0.05, 0.1) is 30.8 Å². The van der Waals surface area contributed by atoms with Gasteiger partial charge in [0.1, 0.15) is 5.75 Å². The molecule has 2 atom stereocenters. The smallest absolute Gasteiger partial charge is 0.243 e.